The van der Waals surface area contributed by atoms with E-state index >= 15 is 0 Å². The number of hydrogen-bond donors (Lipinski definition) is 1. The highest BCUT2D eigenvalue weighted by Gasteiger charge is 2.21. The Kier molecular flexibility index (Phi) is 6.51. The zero-order valence-corrected chi connectivity index (χ0v) is 11.9. The van der Waals surface area contributed by atoms with Gasteiger partial charge in [-0.1, -0.05) is 0 Å². The summed E-state index contributed by atoms with van der Waals surface area (Å²) >= 11 is 0. The summed E-state index contributed by atoms with van der Waals surface area (Å²) in [7, 11) is -1.42. The van der Waals surface area contributed by atoms with Crippen molar-refractivity contribution in [1.29, 1.82) is 0 Å². The van der Waals surface area contributed by atoms with Crippen LogP contribution >= 0.6 is 0 Å². The van der Waals surface area contributed by atoms with Gasteiger partial charge in [0.05, 0.1) is 11.0 Å². The molecule has 0 aromatic carbocycles. The minimum absolute atomic E-state index is 0.0453. The van der Waals surface area contributed by atoms with E-state index in [1.54, 1.807) is 14.0 Å². The molecule has 1 unspecified atom stereocenters. The quantitative estimate of drug-likeness (QED) is 0.691. The van der Waals surface area contributed by atoms with Crippen LogP contribution in [0.1, 0.15) is 34.1 Å². The molecule has 98 valence electrons. The minimum atomic E-state index is -3.00. The molecule has 0 aliphatic carbocycles. The van der Waals surface area contributed by atoms with E-state index in [1.807, 2.05) is 20.8 Å². The smallest absolute Gasteiger partial charge is 0.154 e. The predicted molar refractivity (Wildman–Crippen MR) is 67.5 cm³/mol. The molecule has 4 nitrogen and oxygen atoms in total. The van der Waals surface area contributed by atoms with Crippen LogP contribution in [-0.4, -0.2) is 45.2 Å². The lowest BCUT2D eigenvalue weighted by atomic mass is 10.1. The first kappa shape index (κ1) is 15.9. The summed E-state index contributed by atoms with van der Waals surface area (Å²) in [5.74, 6) is 0.202. The zero-order valence-electron chi connectivity index (χ0n) is 11.0. The second kappa shape index (κ2) is 6.57. The Bertz CT molecular complexity index is 280. The van der Waals surface area contributed by atoms with Crippen LogP contribution in [0, 0.1) is 0 Å². The van der Waals surface area contributed by atoms with Gasteiger partial charge in [-0.05, 0) is 34.1 Å². The molecule has 0 amide bonds. The molecule has 0 radical (unpaired) electrons. The lowest BCUT2D eigenvalue weighted by molar-refractivity contribution is 0.199. The Hall–Kier alpha value is -0.130. The SMILES string of the molecule is COCCCS(=O)(=O)C(C)CNC(C)(C)C. The number of hydrogen-bond acceptors (Lipinski definition) is 4. The summed E-state index contributed by atoms with van der Waals surface area (Å²) in [4.78, 5) is 0. The van der Waals surface area contributed by atoms with Crippen LogP contribution in [0.3, 0.4) is 0 Å². The molecule has 1 N–H and O–H groups in total. The average molecular weight is 251 g/mol. The molecule has 0 aromatic heterocycles. The van der Waals surface area contributed by atoms with E-state index in [9.17, 15) is 8.42 Å². The van der Waals surface area contributed by atoms with E-state index in [0.717, 1.165) is 0 Å². The van der Waals surface area contributed by atoms with Crippen LogP contribution in [0.2, 0.25) is 0 Å². The van der Waals surface area contributed by atoms with E-state index in [-0.39, 0.29) is 16.5 Å². The van der Waals surface area contributed by atoms with Crippen molar-refractivity contribution in [1.82, 2.24) is 5.32 Å². The van der Waals surface area contributed by atoms with Gasteiger partial charge < -0.3 is 10.1 Å². The second-order valence-electron chi connectivity index (χ2n) is 5.15. The van der Waals surface area contributed by atoms with Gasteiger partial charge in [0.25, 0.3) is 0 Å². The Balaban J connectivity index is 4.10. The maximum atomic E-state index is 11.8. The van der Waals surface area contributed by atoms with Gasteiger partial charge in [-0.15, -0.1) is 0 Å². The van der Waals surface area contributed by atoms with Crippen LogP contribution in [0.25, 0.3) is 0 Å². The number of ether oxygens (including phenoxy) is 1. The number of sulfone groups is 1. The Morgan fingerprint density at radius 1 is 1.31 bits per heavy atom. The first-order valence-corrected chi connectivity index (χ1v) is 7.36. The summed E-state index contributed by atoms with van der Waals surface area (Å²) in [6, 6.07) is 0. The molecule has 0 saturated heterocycles. The van der Waals surface area contributed by atoms with E-state index < -0.39 is 9.84 Å². The largest absolute Gasteiger partial charge is 0.385 e. The third-order valence-electron chi connectivity index (χ3n) is 2.31. The third-order valence-corrected chi connectivity index (χ3v) is 4.56. The molecule has 0 aromatic rings. The van der Waals surface area contributed by atoms with Gasteiger partial charge in [-0.3, -0.25) is 0 Å². The molecule has 0 aliphatic heterocycles. The summed E-state index contributed by atoms with van der Waals surface area (Å²) < 4.78 is 28.5. The number of methoxy groups -OCH3 is 1. The molecule has 0 rings (SSSR count). The maximum Gasteiger partial charge on any atom is 0.154 e. The Morgan fingerprint density at radius 2 is 1.88 bits per heavy atom. The molecular formula is C11H25NO3S. The molecule has 0 saturated carbocycles. The van der Waals surface area contributed by atoms with Crippen LogP contribution in [0.4, 0.5) is 0 Å². The van der Waals surface area contributed by atoms with Crippen LogP contribution in [-0.2, 0) is 14.6 Å². The molecule has 16 heavy (non-hydrogen) atoms. The standard InChI is InChI=1S/C11H25NO3S/c1-10(9-12-11(2,3)4)16(13,14)8-6-7-15-5/h10,12H,6-9H2,1-5H3. The maximum absolute atomic E-state index is 11.8. The Morgan fingerprint density at radius 3 is 2.31 bits per heavy atom. The minimum Gasteiger partial charge on any atom is -0.385 e. The highest BCUT2D eigenvalue weighted by atomic mass is 32.2. The fraction of sp³-hybridized carbons (Fsp3) is 1.00. The van der Waals surface area contributed by atoms with Crippen molar-refractivity contribution >= 4 is 9.84 Å². The number of rotatable bonds is 7. The van der Waals surface area contributed by atoms with Gasteiger partial charge >= 0.3 is 0 Å². The summed E-state index contributed by atoms with van der Waals surface area (Å²) in [5.41, 5.74) is -0.0453. The summed E-state index contributed by atoms with van der Waals surface area (Å²) in [6.07, 6.45) is 0.568. The van der Waals surface area contributed by atoms with Gasteiger partial charge in [0.1, 0.15) is 0 Å². The van der Waals surface area contributed by atoms with E-state index in [1.165, 1.54) is 0 Å². The zero-order chi connectivity index (χ0) is 12.8. The van der Waals surface area contributed by atoms with Crippen molar-refractivity contribution in [3.63, 3.8) is 0 Å². The van der Waals surface area contributed by atoms with Crippen molar-refractivity contribution < 1.29 is 13.2 Å². The number of nitrogens with one attached hydrogen (secondary N) is 1. The van der Waals surface area contributed by atoms with Crippen LogP contribution in [0.15, 0.2) is 0 Å². The molecule has 5 heteroatoms. The van der Waals surface area contributed by atoms with Gasteiger partial charge in [0.2, 0.25) is 0 Å². The van der Waals surface area contributed by atoms with E-state index in [0.29, 0.717) is 19.6 Å². The molecule has 0 aliphatic rings. The van der Waals surface area contributed by atoms with Crippen LogP contribution < -0.4 is 5.32 Å². The highest BCUT2D eigenvalue weighted by molar-refractivity contribution is 7.92. The average Bonchev–Trinajstić information content (AvgIpc) is 2.13. The normalized spacial score (nSPS) is 15.1. The van der Waals surface area contributed by atoms with Crippen molar-refractivity contribution in [2.45, 2.75) is 44.9 Å². The van der Waals surface area contributed by atoms with E-state index in [4.69, 9.17) is 4.74 Å². The lowest BCUT2D eigenvalue weighted by Crippen LogP contribution is -2.42. The topological polar surface area (TPSA) is 55.4 Å². The lowest BCUT2D eigenvalue weighted by Gasteiger charge is -2.23. The summed E-state index contributed by atoms with van der Waals surface area (Å²) in [5, 5.41) is 2.86. The Labute approximate surface area is 99.7 Å². The molecule has 0 bridgehead atoms. The van der Waals surface area contributed by atoms with Gasteiger partial charge in [0, 0.05) is 25.8 Å². The van der Waals surface area contributed by atoms with Crippen molar-refractivity contribution in [2.24, 2.45) is 0 Å². The first-order chi connectivity index (χ1) is 7.19. The predicted octanol–water partition coefficient (Wildman–Crippen LogP) is 1.21. The molecule has 0 heterocycles. The first-order valence-electron chi connectivity index (χ1n) is 5.64. The van der Waals surface area contributed by atoms with Crippen molar-refractivity contribution in [2.75, 3.05) is 26.0 Å². The summed E-state index contributed by atoms with van der Waals surface area (Å²) in [6.45, 7) is 8.82. The van der Waals surface area contributed by atoms with Crippen molar-refractivity contribution in [3.8, 4) is 0 Å². The van der Waals surface area contributed by atoms with E-state index in [2.05, 4.69) is 5.32 Å². The molecule has 1 atom stereocenters. The fourth-order valence-corrected chi connectivity index (χ4v) is 2.44. The molecular weight excluding hydrogens is 226 g/mol. The second-order valence-corrected chi connectivity index (χ2v) is 7.69. The van der Waals surface area contributed by atoms with Crippen LogP contribution in [0.5, 0.6) is 0 Å². The van der Waals surface area contributed by atoms with Crippen molar-refractivity contribution in [3.05, 3.63) is 0 Å². The highest BCUT2D eigenvalue weighted by Crippen LogP contribution is 2.06. The van der Waals surface area contributed by atoms with Gasteiger partial charge in [0.15, 0.2) is 9.84 Å². The third kappa shape index (κ3) is 7.19. The fourth-order valence-electron chi connectivity index (χ4n) is 1.18. The van der Waals surface area contributed by atoms with Gasteiger partial charge in [-0.25, -0.2) is 8.42 Å². The molecule has 0 fully saturated rings. The molecule has 0 spiro atoms. The monoisotopic (exact) mass is 251 g/mol. The van der Waals surface area contributed by atoms with Gasteiger partial charge in [-0.2, -0.15) is 0 Å².